The maximum Gasteiger partial charge on any atom is 0.305 e. The lowest BCUT2D eigenvalue weighted by Crippen LogP contribution is -2.45. The number of aliphatic hydroxyl groups is 2. The Morgan fingerprint density at radius 3 is 0.782 bits per heavy atom. The fourth-order valence-electron chi connectivity index (χ4n) is 13.2. The highest BCUT2D eigenvalue weighted by atomic mass is 16.5. The number of amides is 1. The van der Waals surface area contributed by atoms with E-state index in [-0.39, 0.29) is 18.5 Å². The normalized spacial score (nSPS) is 12.5. The summed E-state index contributed by atoms with van der Waals surface area (Å²) >= 11 is 0. The van der Waals surface area contributed by atoms with Crippen LogP contribution in [0.5, 0.6) is 0 Å². The van der Waals surface area contributed by atoms with E-state index in [0.717, 1.165) is 38.5 Å². The summed E-state index contributed by atoms with van der Waals surface area (Å²) in [7, 11) is 0. The second-order valence-electron chi connectivity index (χ2n) is 28.1. The molecule has 0 bridgehead atoms. The number of ether oxygens (including phenoxy) is 1. The van der Waals surface area contributed by atoms with Gasteiger partial charge in [-0.05, 0) is 32.1 Å². The van der Waals surface area contributed by atoms with Gasteiger partial charge < -0.3 is 20.3 Å². The fourth-order valence-corrected chi connectivity index (χ4v) is 13.2. The maximum absolute atomic E-state index is 12.6. The largest absolute Gasteiger partial charge is 0.466 e. The zero-order valence-corrected chi connectivity index (χ0v) is 59.5. The molecule has 0 aromatic heterocycles. The summed E-state index contributed by atoms with van der Waals surface area (Å²) in [6.07, 6.45) is 97.8. The van der Waals surface area contributed by atoms with Crippen molar-refractivity contribution in [3.8, 4) is 0 Å². The Balaban J connectivity index is 3.34. The Morgan fingerprint density at radius 1 is 0.310 bits per heavy atom. The molecule has 1 amide bonds. The zero-order valence-electron chi connectivity index (χ0n) is 59.5. The lowest BCUT2D eigenvalue weighted by molar-refractivity contribution is -0.143. The van der Waals surface area contributed by atoms with Crippen molar-refractivity contribution < 1.29 is 24.5 Å². The molecule has 87 heavy (non-hydrogen) atoms. The van der Waals surface area contributed by atoms with Gasteiger partial charge in [0.2, 0.25) is 5.91 Å². The molecular formula is C81H159NO5. The van der Waals surface area contributed by atoms with Crippen molar-refractivity contribution in [3.63, 3.8) is 0 Å². The van der Waals surface area contributed by atoms with Gasteiger partial charge in [0.15, 0.2) is 0 Å². The Kier molecular flexibility index (Phi) is 75.8. The van der Waals surface area contributed by atoms with Crippen LogP contribution >= 0.6 is 0 Å². The number of hydrogen-bond acceptors (Lipinski definition) is 5. The lowest BCUT2D eigenvalue weighted by atomic mass is 10.0. The van der Waals surface area contributed by atoms with E-state index < -0.39 is 12.1 Å². The molecule has 0 aromatic carbocycles. The Hall–Kier alpha value is -1.40. The molecule has 3 N–H and O–H groups in total. The molecular weight excluding hydrogens is 1070 g/mol. The van der Waals surface area contributed by atoms with Crippen molar-refractivity contribution in [3.05, 3.63) is 12.2 Å². The first-order valence-corrected chi connectivity index (χ1v) is 40.5. The van der Waals surface area contributed by atoms with E-state index in [1.807, 2.05) is 6.08 Å². The molecule has 0 spiro atoms. The maximum atomic E-state index is 12.6. The summed E-state index contributed by atoms with van der Waals surface area (Å²) in [5.41, 5.74) is 0. The van der Waals surface area contributed by atoms with Crippen molar-refractivity contribution in [2.75, 3.05) is 13.2 Å². The van der Waals surface area contributed by atoms with Crippen molar-refractivity contribution in [1.82, 2.24) is 5.32 Å². The van der Waals surface area contributed by atoms with E-state index in [4.69, 9.17) is 4.74 Å². The zero-order chi connectivity index (χ0) is 62.8. The van der Waals surface area contributed by atoms with Gasteiger partial charge in [-0.2, -0.15) is 0 Å². The van der Waals surface area contributed by atoms with Gasteiger partial charge in [-0.15, -0.1) is 0 Å². The van der Waals surface area contributed by atoms with Gasteiger partial charge in [-0.1, -0.05) is 437 Å². The predicted octanol–water partition coefficient (Wildman–Crippen LogP) is 26.7. The Bertz CT molecular complexity index is 1320. The monoisotopic (exact) mass is 1230 g/mol. The topological polar surface area (TPSA) is 95.9 Å². The van der Waals surface area contributed by atoms with Crippen LogP contribution in [0, 0.1) is 0 Å². The molecule has 0 heterocycles. The third-order valence-electron chi connectivity index (χ3n) is 19.3. The number of esters is 1. The smallest absolute Gasteiger partial charge is 0.305 e. The molecule has 2 unspecified atom stereocenters. The highest BCUT2D eigenvalue weighted by Crippen LogP contribution is 2.20. The van der Waals surface area contributed by atoms with Crippen molar-refractivity contribution in [2.45, 2.75) is 482 Å². The third kappa shape index (κ3) is 73.5. The van der Waals surface area contributed by atoms with Gasteiger partial charge in [-0.25, -0.2) is 0 Å². The van der Waals surface area contributed by atoms with Crippen molar-refractivity contribution in [1.29, 1.82) is 0 Å². The molecule has 6 nitrogen and oxygen atoms in total. The van der Waals surface area contributed by atoms with E-state index in [1.54, 1.807) is 6.08 Å². The van der Waals surface area contributed by atoms with E-state index in [0.29, 0.717) is 19.4 Å². The SMILES string of the molecule is CCCCCCCCCCCCCCCCCCCCCCCC/C=C/C(O)C(CO)NC(=O)CCCCCCCCCCCCCCCCCCCCCCCCCCCCCCCCCCCOC(=O)CCCCCCCCCCCCCCC. The molecule has 0 saturated heterocycles. The van der Waals surface area contributed by atoms with E-state index in [1.165, 1.54) is 405 Å². The summed E-state index contributed by atoms with van der Waals surface area (Å²) in [5, 5.41) is 23.3. The van der Waals surface area contributed by atoms with Crippen molar-refractivity contribution in [2.24, 2.45) is 0 Å². The minimum Gasteiger partial charge on any atom is -0.466 e. The molecule has 518 valence electrons. The number of allylic oxidation sites excluding steroid dienone is 1. The van der Waals surface area contributed by atoms with E-state index >= 15 is 0 Å². The van der Waals surface area contributed by atoms with Gasteiger partial charge in [0.05, 0.1) is 25.4 Å². The number of carbonyl (C=O) groups is 2. The number of nitrogens with one attached hydrogen (secondary N) is 1. The summed E-state index contributed by atoms with van der Waals surface area (Å²) in [4.78, 5) is 24.6. The quantitative estimate of drug-likeness (QED) is 0.0320. The average Bonchev–Trinajstić information content (AvgIpc) is 3.57. The van der Waals surface area contributed by atoms with E-state index in [2.05, 4.69) is 19.2 Å². The van der Waals surface area contributed by atoms with Crippen LogP contribution in [0.3, 0.4) is 0 Å². The molecule has 0 aliphatic heterocycles. The molecule has 0 fully saturated rings. The van der Waals surface area contributed by atoms with Gasteiger partial charge in [-0.3, -0.25) is 9.59 Å². The highest BCUT2D eigenvalue weighted by molar-refractivity contribution is 5.76. The number of aliphatic hydroxyl groups excluding tert-OH is 2. The number of hydrogen-bond donors (Lipinski definition) is 3. The molecule has 0 aliphatic carbocycles. The second kappa shape index (κ2) is 77.1. The molecule has 0 aliphatic rings. The molecule has 0 aromatic rings. The Labute approximate surface area is 546 Å². The van der Waals surface area contributed by atoms with Crippen LogP contribution in [0.25, 0.3) is 0 Å². The van der Waals surface area contributed by atoms with Crippen LogP contribution in [-0.2, 0) is 14.3 Å². The van der Waals surface area contributed by atoms with Crippen LogP contribution in [0.4, 0.5) is 0 Å². The first kappa shape index (κ1) is 85.6. The first-order chi connectivity index (χ1) is 43.0. The van der Waals surface area contributed by atoms with Crippen molar-refractivity contribution >= 4 is 11.9 Å². The van der Waals surface area contributed by atoms with E-state index in [9.17, 15) is 19.8 Å². The van der Waals surface area contributed by atoms with Gasteiger partial charge in [0, 0.05) is 12.8 Å². The van der Waals surface area contributed by atoms with Crippen LogP contribution < -0.4 is 5.32 Å². The summed E-state index contributed by atoms with van der Waals surface area (Å²) in [6, 6.07) is -0.625. The van der Waals surface area contributed by atoms with Crippen LogP contribution in [-0.4, -0.2) is 47.4 Å². The first-order valence-electron chi connectivity index (χ1n) is 40.5. The number of carbonyl (C=O) groups excluding carboxylic acids is 2. The number of rotatable bonds is 77. The second-order valence-corrected chi connectivity index (χ2v) is 28.1. The predicted molar refractivity (Wildman–Crippen MR) is 384 cm³/mol. The standard InChI is InChI=1S/C81H159NO5/c1-3-5-7-9-11-13-15-17-18-19-20-21-22-34-37-40-43-46-50-53-57-61-65-69-73-79(84)78(77-83)82-80(85)74-70-66-62-58-54-51-47-44-41-38-35-32-30-28-26-24-23-25-27-29-31-33-36-39-42-45-48-52-56-60-64-68-72-76-87-81(86)75-71-67-63-59-55-49-16-14-12-10-8-6-4-2/h69,73,78-79,83-84H,3-68,70-72,74-77H2,1-2H3,(H,82,85)/b73-69+. The van der Waals surface area contributed by atoms with Crippen LogP contribution in [0.2, 0.25) is 0 Å². The highest BCUT2D eigenvalue weighted by Gasteiger charge is 2.18. The fraction of sp³-hybridized carbons (Fsp3) is 0.951. The van der Waals surface area contributed by atoms with Gasteiger partial charge >= 0.3 is 5.97 Å². The molecule has 0 radical (unpaired) electrons. The minimum absolute atomic E-state index is 0.0242. The molecule has 6 heteroatoms. The number of unbranched alkanes of at least 4 members (excludes halogenated alkanes) is 66. The molecule has 2 atom stereocenters. The summed E-state index contributed by atoms with van der Waals surface area (Å²) < 4.78 is 5.50. The summed E-state index contributed by atoms with van der Waals surface area (Å²) in [5.74, 6) is -0.0331. The molecule has 0 saturated carbocycles. The minimum atomic E-state index is -0.842. The van der Waals surface area contributed by atoms with Crippen LogP contribution in [0.1, 0.15) is 470 Å². The average molecular weight is 1230 g/mol. The third-order valence-corrected chi connectivity index (χ3v) is 19.3. The molecule has 0 rings (SSSR count). The summed E-state index contributed by atoms with van der Waals surface area (Å²) in [6.45, 7) is 4.97. The van der Waals surface area contributed by atoms with Gasteiger partial charge in [0.1, 0.15) is 0 Å². The Morgan fingerprint density at radius 2 is 0.529 bits per heavy atom. The van der Waals surface area contributed by atoms with Crippen LogP contribution in [0.15, 0.2) is 12.2 Å². The lowest BCUT2D eigenvalue weighted by Gasteiger charge is -2.20. The van der Waals surface area contributed by atoms with Gasteiger partial charge in [0.25, 0.3) is 0 Å².